The molecular formula is C23H21N3O4S. The summed E-state index contributed by atoms with van der Waals surface area (Å²) in [5, 5.41) is 11.4. The highest BCUT2D eigenvalue weighted by atomic mass is 32.2. The summed E-state index contributed by atoms with van der Waals surface area (Å²) in [6, 6.07) is 19.9. The summed E-state index contributed by atoms with van der Waals surface area (Å²) in [5.41, 5.74) is 2.59. The number of sulfonamides is 1. The van der Waals surface area contributed by atoms with E-state index in [0.717, 1.165) is 5.56 Å². The molecule has 0 aliphatic heterocycles. The van der Waals surface area contributed by atoms with Gasteiger partial charge in [0, 0.05) is 17.3 Å². The Hall–Kier alpha value is -3.83. The number of amides is 1. The van der Waals surface area contributed by atoms with E-state index in [9.17, 15) is 13.2 Å². The van der Waals surface area contributed by atoms with E-state index >= 15 is 0 Å². The molecule has 0 aliphatic rings. The molecule has 1 amide bonds. The maximum absolute atomic E-state index is 12.9. The number of hydrogen-bond acceptors (Lipinski definition) is 5. The van der Waals surface area contributed by atoms with Crippen LogP contribution >= 0.6 is 0 Å². The van der Waals surface area contributed by atoms with Gasteiger partial charge in [0.25, 0.3) is 15.9 Å². The van der Waals surface area contributed by atoms with Crippen LogP contribution in [0.1, 0.15) is 21.5 Å². The zero-order chi connectivity index (χ0) is 22.4. The molecule has 0 radical (unpaired) electrons. The van der Waals surface area contributed by atoms with E-state index in [0.29, 0.717) is 22.7 Å². The molecule has 0 unspecified atom stereocenters. The maximum atomic E-state index is 12.9. The number of para-hydroxylation sites is 1. The third kappa shape index (κ3) is 5.41. The predicted octanol–water partition coefficient (Wildman–Crippen LogP) is 4.26. The smallest absolute Gasteiger partial charge is 0.261 e. The topological polar surface area (TPSA) is 108 Å². The summed E-state index contributed by atoms with van der Waals surface area (Å²) in [5.74, 6) is -0.0160. The molecule has 0 aromatic heterocycles. The average Bonchev–Trinajstić information content (AvgIpc) is 2.74. The van der Waals surface area contributed by atoms with Gasteiger partial charge in [-0.2, -0.15) is 5.26 Å². The van der Waals surface area contributed by atoms with E-state index in [4.69, 9.17) is 10.00 Å². The minimum absolute atomic E-state index is 0.0161. The van der Waals surface area contributed by atoms with Crippen molar-refractivity contribution in [2.45, 2.75) is 18.7 Å². The Morgan fingerprint density at radius 1 is 1.00 bits per heavy atom. The van der Waals surface area contributed by atoms with Crippen LogP contribution in [0.25, 0.3) is 0 Å². The van der Waals surface area contributed by atoms with Gasteiger partial charge in [0.2, 0.25) is 0 Å². The highest BCUT2D eigenvalue weighted by molar-refractivity contribution is 7.92. The molecule has 2 N–H and O–H groups in total. The molecule has 0 saturated heterocycles. The van der Waals surface area contributed by atoms with Gasteiger partial charge in [-0.3, -0.25) is 9.52 Å². The number of hydrogen-bond donors (Lipinski definition) is 2. The van der Waals surface area contributed by atoms with Gasteiger partial charge >= 0.3 is 0 Å². The van der Waals surface area contributed by atoms with E-state index in [2.05, 4.69) is 10.0 Å². The number of nitrogens with zero attached hydrogens (tertiary/aromatic N) is 1. The minimum atomic E-state index is -3.88. The number of carbonyl (C=O) groups is 1. The van der Waals surface area contributed by atoms with E-state index < -0.39 is 15.9 Å². The molecule has 31 heavy (non-hydrogen) atoms. The van der Waals surface area contributed by atoms with Crippen molar-refractivity contribution in [2.24, 2.45) is 0 Å². The fraction of sp³-hybridized carbons (Fsp3) is 0.130. The first kappa shape index (κ1) is 21.9. The number of nitrogens with one attached hydrogen (secondary N) is 2. The third-order valence-corrected chi connectivity index (χ3v) is 5.91. The molecular weight excluding hydrogens is 414 g/mol. The van der Waals surface area contributed by atoms with E-state index in [1.54, 1.807) is 62.4 Å². The van der Waals surface area contributed by atoms with Crippen LogP contribution in [0.4, 0.5) is 11.4 Å². The first-order valence-corrected chi connectivity index (χ1v) is 10.9. The summed E-state index contributed by atoms with van der Waals surface area (Å²) in [4.78, 5) is 12.8. The van der Waals surface area contributed by atoms with Gasteiger partial charge in [0.1, 0.15) is 11.8 Å². The third-order valence-electron chi connectivity index (χ3n) is 4.55. The summed E-state index contributed by atoms with van der Waals surface area (Å²) in [6.07, 6.45) is 0. The molecule has 0 fully saturated rings. The summed E-state index contributed by atoms with van der Waals surface area (Å²) in [6.45, 7) is 3.43. The molecule has 0 heterocycles. The van der Waals surface area contributed by atoms with Crippen molar-refractivity contribution < 1.29 is 17.9 Å². The molecule has 0 aliphatic carbocycles. The number of benzene rings is 3. The number of aryl methyl sites for hydroxylation is 2. The molecule has 3 aromatic rings. The molecule has 0 spiro atoms. The van der Waals surface area contributed by atoms with Gasteiger partial charge in [-0.25, -0.2) is 8.42 Å². The Labute approximate surface area is 181 Å². The zero-order valence-electron chi connectivity index (χ0n) is 17.0. The Balaban J connectivity index is 1.84. The SMILES string of the molecule is Cc1ccccc1NS(=O)(=O)c1ccc(C)c(C(=O)Nc2cccc(OCC#N)c2)c1. The van der Waals surface area contributed by atoms with Crippen LogP contribution < -0.4 is 14.8 Å². The van der Waals surface area contributed by atoms with Crippen LogP contribution in [-0.4, -0.2) is 20.9 Å². The van der Waals surface area contributed by atoms with Gasteiger partial charge < -0.3 is 10.1 Å². The lowest BCUT2D eigenvalue weighted by molar-refractivity contribution is 0.102. The first-order valence-electron chi connectivity index (χ1n) is 9.40. The molecule has 7 nitrogen and oxygen atoms in total. The van der Waals surface area contributed by atoms with Crippen LogP contribution in [0.5, 0.6) is 5.75 Å². The van der Waals surface area contributed by atoms with Gasteiger partial charge in [-0.05, 0) is 55.3 Å². The second-order valence-corrected chi connectivity index (χ2v) is 8.51. The van der Waals surface area contributed by atoms with E-state index in [1.165, 1.54) is 12.1 Å². The van der Waals surface area contributed by atoms with Crippen LogP contribution in [0.3, 0.4) is 0 Å². The van der Waals surface area contributed by atoms with Crippen LogP contribution in [0.2, 0.25) is 0 Å². The van der Waals surface area contributed by atoms with Gasteiger partial charge in [-0.15, -0.1) is 0 Å². The fourth-order valence-electron chi connectivity index (χ4n) is 2.88. The van der Waals surface area contributed by atoms with Gasteiger partial charge in [-0.1, -0.05) is 30.3 Å². The summed E-state index contributed by atoms with van der Waals surface area (Å²) in [7, 11) is -3.88. The molecule has 3 aromatic carbocycles. The molecule has 0 saturated carbocycles. The second kappa shape index (κ2) is 9.32. The van der Waals surface area contributed by atoms with Crippen LogP contribution in [0, 0.1) is 25.2 Å². The van der Waals surface area contributed by atoms with Crippen molar-refractivity contribution >= 4 is 27.3 Å². The highest BCUT2D eigenvalue weighted by Gasteiger charge is 2.19. The Morgan fingerprint density at radius 2 is 1.77 bits per heavy atom. The second-order valence-electron chi connectivity index (χ2n) is 6.83. The normalized spacial score (nSPS) is 10.7. The number of rotatable bonds is 7. The molecule has 8 heteroatoms. The molecule has 158 valence electrons. The lowest BCUT2D eigenvalue weighted by Gasteiger charge is -2.13. The van der Waals surface area contributed by atoms with Crippen molar-refractivity contribution in [2.75, 3.05) is 16.6 Å². The largest absolute Gasteiger partial charge is 0.479 e. The summed E-state index contributed by atoms with van der Waals surface area (Å²) < 4.78 is 33.5. The van der Waals surface area contributed by atoms with E-state index in [1.807, 2.05) is 12.1 Å². The van der Waals surface area contributed by atoms with Crippen molar-refractivity contribution in [3.05, 3.63) is 83.4 Å². The molecule has 3 rings (SSSR count). The first-order chi connectivity index (χ1) is 14.8. The van der Waals surface area contributed by atoms with Gasteiger partial charge in [0.05, 0.1) is 10.6 Å². The standard InChI is InChI=1S/C23H21N3O4S/c1-16-10-11-20(31(28,29)26-22-9-4-3-6-17(22)2)15-21(16)23(27)25-18-7-5-8-19(14-18)30-13-12-24/h3-11,14-15,26H,13H2,1-2H3,(H,25,27). The number of anilines is 2. The number of nitriles is 1. The highest BCUT2D eigenvalue weighted by Crippen LogP contribution is 2.23. The van der Waals surface area contributed by atoms with Crippen LogP contribution in [-0.2, 0) is 10.0 Å². The molecule has 0 atom stereocenters. The zero-order valence-corrected chi connectivity index (χ0v) is 17.9. The fourth-order valence-corrected chi connectivity index (χ4v) is 4.04. The quantitative estimate of drug-likeness (QED) is 0.576. The van der Waals surface area contributed by atoms with Crippen molar-refractivity contribution in [1.29, 1.82) is 5.26 Å². The van der Waals surface area contributed by atoms with Crippen molar-refractivity contribution in [3.8, 4) is 11.8 Å². The Morgan fingerprint density at radius 3 is 2.52 bits per heavy atom. The number of ether oxygens (including phenoxy) is 1. The van der Waals surface area contributed by atoms with Crippen molar-refractivity contribution in [1.82, 2.24) is 0 Å². The van der Waals surface area contributed by atoms with Gasteiger partial charge in [0.15, 0.2) is 6.61 Å². The number of carbonyl (C=O) groups excluding carboxylic acids is 1. The predicted molar refractivity (Wildman–Crippen MR) is 119 cm³/mol. The maximum Gasteiger partial charge on any atom is 0.261 e. The summed E-state index contributed by atoms with van der Waals surface area (Å²) >= 11 is 0. The van der Waals surface area contributed by atoms with E-state index in [-0.39, 0.29) is 17.1 Å². The average molecular weight is 436 g/mol. The minimum Gasteiger partial charge on any atom is -0.479 e. The Bertz CT molecular complexity index is 1260. The van der Waals surface area contributed by atoms with Crippen molar-refractivity contribution in [3.63, 3.8) is 0 Å². The lowest BCUT2D eigenvalue weighted by atomic mass is 10.1. The monoisotopic (exact) mass is 435 g/mol. The van der Waals surface area contributed by atoms with Crippen LogP contribution in [0.15, 0.2) is 71.6 Å². The molecule has 0 bridgehead atoms. The Kier molecular flexibility index (Phi) is 6.58. The lowest BCUT2D eigenvalue weighted by Crippen LogP contribution is -2.17.